The van der Waals surface area contributed by atoms with Gasteiger partial charge in [-0.2, -0.15) is 0 Å². The highest BCUT2D eigenvalue weighted by Gasteiger charge is 2.23. The van der Waals surface area contributed by atoms with Crippen molar-refractivity contribution in [1.29, 1.82) is 0 Å². The Balaban J connectivity index is 0.00000200. The van der Waals surface area contributed by atoms with Crippen LogP contribution in [0.5, 0.6) is 0 Å². The normalized spacial score (nSPS) is 23.6. The number of hydrogen-bond donors (Lipinski definition) is 2. The van der Waals surface area contributed by atoms with Gasteiger partial charge in [0.05, 0.1) is 5.92 Å². The molecule has 112 valence electrons. The van der Waals surface area contributed by atoms with Crippen molar-refractivity contribution in [2.24, 2.45) is 0 Å². The Morgan fingerprint density at radius 2 is 2.25 bits per heavy atom. The highest BCUT2D eigenvalue weighted by molar-refractivity contribution is 5.85. The van der Waals surface area contributed by atoms with Gasteiger partial charge in [0, 0.05) is 12.1 Å². The van der Waals surface area contributed by atoms with Gasteiger partial charge in [-0.25, -0.2) is 4.39 Å². The molecule has 3 nitrogen and oxygen atoms in total. The molecule has 1 aliphatic heterocycles. The molecule has 0 aromatic heterocycles. The summed E-state index contributed by atoms with van der Waals surface area (Å²) in [5, 5.41) is 6.42. The summed E-state index contributed by atoms with van der Waals surface area (Å²) < 4.78 is 13.2. The molecule has 0 spiro atoms. The van der Waals surface area contributed by atoms with Gasteiger partial charge >= 0.3 is 0 Å². The molecule has 0 bridgehead atoms. The van der Waals surface area contributed by atoms with Gasteiger partial charge in [-0.3, -0.25) is 4.79 Å². The predicted octanol–water partition coefficient (Wildman–Crippen LogP) is 2.61. The minimum Gasteiger partial charge on any atom is -0.353 e. The fraction of sp³-hybridized carbons (Fsp3) is 0.533. The molecule has 1 heterocycles. The lowest BCUT2D eigenvalue weighted by Gasteiger charge is -2.29. The number of carbonyl (C=O) groups excluding carboxylic acids is 1. The number of rotatable bonds is 3. The maximum absolute atomic E-state index is 13.2. The Hall–Kier alpha value is -1.13. The lowest BCUT2D eigenvalue weighted by Crippen LogP contribution is -2.47. The third kappa shape index (κ3) is 4.46. The molecular formula is C15H22ClFN2O. The molecule has 3 unspecified atom stereocenters. The Labute approximate surface area is 125 Å². The lowest BCUT2D eigenvalue weighted by molar-refractivity contribution is -0.123. The fourth-order valence-corrected chi connectivity index (χ4v) is 2.52. The molecule has 1 fully saturated rings. The van der Waals surface area contributed by atoms with Crippen molar-refractivity contribution in [2.75, 3.05) is 6.54 Å². The molecule has 5 heteroatoms. The minimum atomic E-state index is -0.319. The van der Waals surface area contributed by atoms with E-state index in [-0.39, 0.29) is 36.1 Å². The summed E-state index contributed by atoms with van der Waals surface area (Å²) in [5.41, 5.74) is 0.722. The number of piperidine rings is 1. The molecule has 1 aromatic rings. The van der Waals surface area contributed by atoms with E-state index < -0.39 is 0 Å². The van der Waals surface area contributed by atoms with E-state index in [9.17, 15) is 9.18 Å². The van der Waals surface area contributed by atoms with Crippen molar-refractivity contribution < 1.29 is 9.18 Å². The quantitative estimate of drug-likeness (QED) is 0.901. The Kier molecular flexibility index (Phi) is 6.43. The van der Waals surface area contributed by atoms with Crippen LogP contribution in [0.25, 0.3) is 0 Å². The Bertz CT molecular complexity index is 455. The monoisotopic (exact) mass is 300 g/mol. The van der Waals surface area contributed by atoms with Crippen molar-refractivity contribution in [1.82, 2.24) is 10.6 Å². The number of benzene rings is 1. The molecule has 1 aliphatic rings. The zero-order chi connectivity index (χ0) is 13.8. The highest BCUT2D eigenvalue weighted by atomic mass is 35.5. The van der Waals surface area contributed by atoms with Gasteiger partial charge in [0.15, 0.2) is 0 Å². The number of hydrogen-bond acceptors (Lipinski definition) is 2. The first-order valence-electron chi connectivity index (χ1n) is 6.85. The number of halogens is 2. The molecule has 2 rings (SSSR count). The Morgan fingerprint density at radius 1 is 1.50 bits per heavy atom. The van der Waals surface area contributed by atoms with Crippen molar-refractivity contribution in [3.63, 3.8) is 0 Å². The summed E-state index contributed by atoms with van der Waals surface area (Å²) in [6, 6.07) is 6.90. The summed E-state index contributed by atoms with van der Waals surface area (Å²) >= 11 is 0. The molecule has 3 atom stereocenters. The van der Waals surface area contributed by atoms with Gasteiger partial charge in [-0.05, 0) is 50.9 Å². The summed E-state index contributed by atoms with van der Waals surface area (Å²) in [7, 11) is 0. The summed E-state index contributed by atoms with van der Waals surface area (Å²) in [4.78, 5) is 12.2. The number of carbonyl (C=O) groups is 1. The van der Waals surface area contributed by atoms with Crippen LogP contribution in [0.2, 0.25) is 0 Å². The number of amides is 1. The van der Waals surface area contributed by atoms with Crippen LogP contribution in [-0.2, 0) is 4.79 Å². The van der Waals surface area contributed by atoms with E-state index in [2.05, 4.69) is 17.6 Å². The Morgan fingerprint density at radius 3 is 2.90 bits per heavy atom. The second-order valence-electron chi connectivity index (χ2n) is 5.36. The largest absolute Gasteiger partial charge is 0.353 e. The van der Waals surface area contributed by atoms with Crippen LogP contribution in [-0.4, -0.2) is 24.5 Å². The molecule has 20 heavy (non-hydrogen) atoms. The van der Waals surface area contributed by atoms with Crippen LogP contribution < -0.4 is 10.6 Å². The average molecular weight is 301 g/mol. The van der Waals surface area contributed by atoms with Crippen LogP contribution >= 0.6 is 12.4 Å². The molecule has 1 aromatic carbocycles. The van der Waals surface area contributed by atoms with E-state index in [1.807, 2.05) is 6.92 Å². The van der Waals surface area contributed by atoms with Crippen molar-refractivity contribution in [3.8, 4) is 0 Å². The first-order valence-corrected chi connectivity index (χ1v) is 6.85. The van der Waals surface area contributed by atoms with Gasteiger partial charge in [-0.15, -0.1) is 12.4 Å². The third-order valence-electron chi connectivity index (χ3n) is 3.71. The standard InChI is InChI=1S/C15H21FN2O.ClH/c1-10-8-14(6-7-17-10)18-15(19)11(2)12-4-3-5-13(16)9-12;/h3-5,9-11,14,17H,6-8H2,1-2H3,(H,18,19);1H. The van der Waals surface area contributed by atoms with Gasteiger partial charge in [0.2, 0.25) is 5.91 Å². The van der Waals surface area contributed by atoms with Gasteiger partial charge in [-0.1, -0.05) is 12.1 Å². The molecular weight excluding hydrogens is 279 g/mol. The molecule has 0 saturated carbocycles. The van der Waals surface area contributed by atoms with Gasteiger partial charge < -0.3 is 10.6 Å². The lowest BCUT2D eigenvalue weighted by atomic mass is 9.97. The number of nitrogens with one attached hydrogen (secondary N) is 2. The maximum Gasteiger partial charge on any atom is 0.227 e. The van der Waals surface area contributed by atoms with Crippen LogP contribution in [0.1, 0.15) is 38.2 Å². The first kappa shape index (κ1) is 16.9. The van der Waals surface area contributed by atoms with Crippen molar-refractivity contribution >= 4 is 18.3 Å². The molecule has 2 N–H and O–H groups in total. The predicted molar refractivity (Wildman–Crippen MR) is 80.7 cm³/mol. The molecule has 1 saturated heterocycles. The highest BCUT2D eigenvalue weighted by Crippen LogP contribution is 2.17. The molecule has 0 aliphatic carbocycles. The smallest absolute Gasteiger partial charge is 0.227 e. The van der Waals surface area contributed by atoms with Crippen LogP contribution in [0.15, 0.2) is 24.3 Å². The van der Waals surface area contributed by atoms with Crippen LogP contribution in [0.3, 0.4) is 0 Å². The average Bonchev–Trinajstić information content (AvgIpc) is 2.38. The van der Waals surface area contributed by atoms with Crippen LogP contribution in [0.4, 0.5) is 4.39 Å². The first-order chi connectivity index (χ1) is 9.06. The molecule has 1 amide bonds. The fourth-order valence-electron chi connectivity index (χ4n) is 2.52. The van der Waals surface area contributed by atoms with Crippen molar-refractivity contribution in [3.05, 3.63) is 35.6 Å². The SMILES string of the molecule is CC1CC(NC(=O)C(C)c2cccc(F)c2)CCN1.Cl. The van der Waals surface area contributed by atoms with E-state index in [1.165, 1.54) is 12.1 Å². The summed E-state index contributed by atoms with van der Waals surface area (Å²) in [5.74, 6) is -0.641. The second-order valence-corrected chi connectivity index (χ2v) is 5.36. The van der Waals surface area contributed by atoms with Crippen LogP contribution in [0, 0.1) is 5.82 Å². The van der Waals surface area contributed by atoms with Crippen molar-refractivity contribution in [2.45, 2.75) is 44.7 Å². The maximum atomic E-state index is 13.2. The van der Waals surface area contributed by atoms with E-state index in [4.69, 9.17) is 0 Å². The molecule has 0 radical (unpaired) electrons. The summed E-state index contributed by atoms with van der Waals surface area (Å²) in [6.45, 7) is 4.86. The van der Waals surface area contributed by atoms with Gasteiger partial charge in [0.1, 0.15) is 5.82 Å². The third-order valence-corrected chi connectivity index (χ3v) is 3.71. The van der Waals surface area contributed by atoms with E-state index in [1.54, 1.807) is 12.1 Å². The van der Waals surface area contributed by atoms with E-state index in [0.29, 0.717) is 6.04 Å². The summed E-state index contributed by atoms with van der Waals surface area (Å²) in [6.07, 6.45) is 1.90. The topological polar surface area (TPSA) is 41.1 Å². The minimum absolute atomic E-state index is 0. The zero-order valence-electron chi connectivity index (χ0n) is 11.9. The second kappa shape index (κ2) is 7.60. The van der Waals surface area contributed by atoms with Gasteiger partial charge in [0.25, 0.3) is 0 Å². The van der Waals surface area contributed by atoms with E-state index >= 15 is 0 Å². The zero-order valence-corrected chi connectivity index (χ0v) is 12.7. The van der Waals surface area contributed by atoms with E-state index in [0.717, 1.165) is 24.9 Å².